The van der Waals surface area contributed by atoms with Crippen LogP contribution >= 0.6 is 0 Å². The molecule has 3 unspecified atom stereocenters. The highest BCUT2D eigenvalue weighted by Gasteiger charge is 2.33. The van der Waals surface area contributed by atoms with Crippen molar-refractivity contribution in [1.29, 1.82) is 0 Å². The van der Waals surface area contributed by atoms with Crippen LogP contribution < -0.4 is 0 Å². The van der Waals surface area contributed by atoms with E-state index in [4.69, 9.17) is 0 Å². The lowest BCUT2D eigenvalue weighted by atomic mass is 9.69. The number of likely N-dealkylation sites (tertiary alicyclic amines) is 1. The predicted molar refractivity (Wildman–Crippen MR) is 63.5 cm³/mol. The highest BCUT2D eigenvalue weighted by Crippen LogP contribution is 2.39. The molecule has 84 valence electrons. The topological polar surface area (TPSA) is 3.24 Å². The molecule has 0 radical (unpaired) electrons. The second-order valence-corrected chi connectivity index (χ2v) is 4.88. The summed E-state index contributed by atoms with van der Waals surface area (Å²) < 4.78 is 0. The maximum atomic E-state index is 2.51. The molecule has 2 aliphatic rings. The summed E-state index contributed by atoms with van der Waals surface area (Å²) in [7, 11) is 2.27. The third-order valence-electron chi connectivity index (χ3n) is 3.96. The fourth-order valence-corrected chi connectivity index (χ4v) is 3.20. The average molecular weight is 197 g/mol. The largest absolute Gasteiger partial charge is 0.306 e. The Bertz CT molecular complexity index is 155. The van der Waals surface area contributed by atoms with Crippen molar-refractivity contribution >= 4 is 0 Å². The molecule has 1 aliphatic heterocycles. The monoisotopic (exact) mass is 197 g/mol. The van der Waals surface area contributed by atoms with Gasteiger partial charge >= 0.3 is 0 Å². The first-order chi connectivity index (χ1) is 6.77. The first kappa shape index (κ1) is 12.0. The van der Waals surface area contributed by atoms with E-state index in [1.165, 1.54) is 38.8 Å². The van der Waals surface area contributed by atoms with Crippen LogP contribution in [0.4, 0.5) is 0 Å². The number of rotatable bonds is 0. The summed E-state index contributed by atoms with van der Waals surface area (Å²) in [6.07, 6.45) is 5.93. The first-order valence-corrected chi connectivity index (χ1v) is 6.46. The van der Waals surface area contributed by atoms with Crippen molar-refractivity contribution in [2.75, 3.05) is 20.1 Å². The summed E-state index contributed by atoms with van der Waals surface area (Å²) in [5.41, 5.74) is 0. The van der Waals surface area contributed by atoms with E-state index in [-0.39, 0.29) is 0 Å². The van der Waals surface area contributed by atoms with Gasteiger partial charge in [-0.2, -0.15) is 0 Å². The van der Waals surface area contributed by atoms with E-state index in [1.807, 2.05) is 13.8 Å². The number of fused-ring (bicyclic) bond motifs is 1. The van der Waals surface area contributed by atoms with Crippen molar-refractivity contribution in [3.8, 4) is 0 Å². The van der Waals surface area contributed by atoms with Crippen LogP contribution in [-0.2, 0) is 0 Å². The van der Waals surface area contributed by atoms with Crippen molar-refractivity contribution in [3.63, 3.8) is 0 Å². The molecule has 0 N–H and O–H groups in total. The standard InChI is InChI=1S/C11H21N.C2H6/c1-9-4-3-5-10-8-12(2)7-6-11(9)10;1-2/h9-11H,3-8H2,1-2H3;1-2H3. The predicted octanol–water partition coefficient (Wildman–Crippen LogP) is 3.40. The maximum Gasteiger partial charge on any atom is 0.000937 e. The van der Waals surface area contributed by atoms with Gasteiger partial charge in [-0.3, -0.25) is 0 Å². The zero-order valence-corrected chi connectivity index (χ0v) is 10.4. The Morgan fingerprint density at radius 2 is 1.79 bits per heavy atom. The summed E-state index contributed by atoms with van der Waals surface area (Å²) in [6, 6.07) is 0. The molecule has 3 atom stereocenters. The van der Waals surface area contributed by atoms with Crippen LogP contribution in [0.15, 0.2) is 0 Å². The first-order valence-electron chi connectivity index (χ1n) is 6.46. The summed E-state index contributed by atoms with van der Waals surface area (Å²) in [6.45, 7) is 9.17. The summed E-state index contributed by atoms with van der Waals surface area (Å²) in [5.74, 6) is 3.11. The van der Waals surface area contributed by atoms with Gasteiger partial charge < -0.3 is 4.90 Å². The molecule has 2 fully saturated rings. The van der Waals surface area contributed by atoms with Gasteiger partial charge in [-0.25, -0.2) is 0 Å². The molecule has 0 aromatic heterocycles. The molecule has 0 aromatic rings. The van der Waals surface area contributed by atoms with Gasteiger partial charge in [0.25, 0.3) is 0 Å². The maximum absolute atomic E-state index is 2.51. The van der Waals surface area contributed by atoms with E-state index in [9.17, 15) is 0 Å². The minimum Gasteiger partial charge on any atom is -0.306 e. The molecule has 1 saturated heterocycles. The molecular formula is C13H27N. The Hall–Kier alpha value is -0.0400. The molecular weight excluding hydrogens is 170 g/mol. The van der Waals surface area contributed by atoms with Crippen LogP contribution in [0, 0.1) is 17.8 Å². The molecule has 1 nitrogen and oxygen atoms in total. The zero-order chi connectivity index (χ0) is 10.6. The van der Waals surface area contributed by atoms with Gasteiger partial charge in [0.1, 0.15) is 0 Å². The Labute approximate surface area is 89.9 Å². The summed E-state index contributed by atoms with van der Waals surface area (Å²) in [4.78, 5) is 2.51. The van der Waals surface area contributed by atoms with Crippen LogP contribution in [0.5, 0.6) is 0 Å². The molecule has 0 bridgehead atoms. The Morgan fingerprint density at radius 3 is 2.50 bits per heavy atom. The van der Waals surface area contributed by atoms with Gasteiger partial charge in [-0.05, 0) is 44.2 Å². The lowest BCUT2D eigenvalue weighted by Gasteiger charge is -2.43. The second kappa shape index (κ2) is 5.75. The highest BCUT2D eigenvalue weighted by atomic mass is 15.1. The fraction of sp³-hybridized carbons (Fsp3) is 1.00. The third-order valence-corrected chi connectivity index (χ3v) is 3.96. The summed E-state index contributed by atoms with van der Waals surface area (Å²) in [5, 5.41) is 0. The van der Waals surface area contributed by atoms with Gasteiger partial charge in [-0.15, -0.1) is 0 Å². The van der Waals surface area contributed by atoms with Crippen molar-refractivity contribution < 1.29 is 0 Å². The lowest BCUT2D eigenvalue weighted by Crippen LogP contribution is -2.42. The van der Waals surface area contributed by atoms with Crippen LogP contribution in [-0.4, -0.2) is 25.0 Å². The van der Waals surface area contributed by atoms with Crippen molar-refractivity contribution in [2.24, 2.45) is 17.8 Å². The van der Waals surface area contributed by atoms with Crippen molar-refractivity contribution in [3.05, 3.63) is 0 Å². The SMILES string of the molecule is CC.CC1CCCC2CN(C)CCC12. The van der Waals surface area contributed by atoms with Gasteiger partial charge in [0.2, 0.25) is 0 Å². The van der Waals surface area contributed by atoms with Crippen molar-refractivity contribution in [1.82, 2.24) is 4.90 Å². The van der Waals surface area contributed by atoms with Crippen LogP contribution in [0.25, 0.3) is 0 Å². The Balaban J connectivity index is 0.000000461. The van der Waals surface area contributed by atoms with Crippen LogP contribution in [0.3, 0.4) is 0 Å². The Morgan fingerprint density at radius 1 is 1.07 bits per heavy atom. The van der Waals surface area contributed by atoms with E-state index in [0.29, 0.717) is 0 Å². The van der Waals surface area contributed by atoms with Gasteiger partial charge in [-0.1, -0.05) is 33.6 Å². The minimum atomic E-state index is 1.01. The van der Waals surface area contributed by atoms with Gasteiger partial charge in [0, 0.05) is 6.54 Å². The fourth-order valence-electron chi connectivity index (χ4n) is 3.20. The number of piperidine rings is 1. The number of hydrogen-bond donors (Lipinski definition) is 0. The second-order valence-electron chi connectivity index (χ2n) is 4.88. The molecule has 1 aliphatic carbocycles. The smallest absolute Gasteiger partial charge is 0.000937 e. The van der Waals surface area contributed by atoms with E-state index < -0.39 is 0 Å². The average Bonchev–Trinajstić information content (AvgIpc) is 2.21. The number of nitrogens with zero attached hydrogens (tertiary/aromatic N) is 1. The molecule has 1 heterocycles. The minimum absolute atomic E-state index is 1.01. The molecule has 1 heteroatoms. The molecule has 0 aromatic carbocycles. The molecule has 14 heavy (non-hydrogen) atoms. The van der Waals surface area contributed by atoms with E-state index in [2.05, 4.69) is 18.9 Å². The van der Waals surface area contributed by atoms with Gasteiger partial charge in [0.15, 0.2) is 0 Å². The van der Waals surface area contributed by atoms with Gasteiger partial charge in [0.05, 0.1) is 0 Å². The lowest BCUT2D eigenvalue weighted by molar-refractivity contribution is 0.0670. The highest BCUT2D eigenvalue weighted by molar-refractivity contribution is 4.85. The van der Waals surface area contributed by atoms with Crippen LogP contribution in [0.1, 0.15) is 46.5 Å². The molecule has 0 spiro atoms. The molecule has 0 amide bonds. The number of hydrogen-bond acceptors (Lipinski definition) is 1. The summed E-state index contributed by atoms with van der Waals surface area (Å²) >= 11 is 0. The quantitative estimate of drug-likeness (QED) is 0.575. The van der Waals surface area contributed by atoms with Crippen molar-refractivity contribution in [2.45, 2.75) is 46.5 Å². The van der Waals surface area contributed by atoms with E-state index in [1.54, 1.807) is 0 Å². The van der Waals surface area contributed by atoms with E-state index in [0.717, 1.165) is 17.8 Å². The van der Waals surface area contributed by atoms with Crippen LogP contribution in [0.2, 0.25) is 0 Å². The molecule has 2 rings (SSSR count). The third kappa shape index (κ3) is 2.73. The normalized spacial score (nSPS) is 38.1. The molecule has 1 saturated carbocycles. The zero-order valence-electron chi connectivity index (χ0n) is 10.4. The van der Waals surface area contributed by atoms with E-state index >= 15 is 0 Å². The Kier molecular flexibility index (Phi) is 4.94.